The maximum atomic E-state index is 12.4. The first-order valence-electron chi connectivity index (χ1n) is 9.63. The van der Waals surface area contributed by atoms with E-state index in [2.05, 4.69) is 5.32 Å². The van der Waals surface area contributed by atoms with Crippen LogP contribution >= 0.6 is 0 Å². The zero-order chi connectivity index (χ0) is 22.3. The second-order valence-electron chi connectivity index (χ2n) is 7.14. The van der Waals surface area contributed by atoms with Gasteiger partial charge in [-0.1, -0.05) is 48.0 Å². The Morgan fingerprint density at radius 2 is 1.68 bits per heavy atom. The van der Waals surface area contributed by atoms with Crippen LogP contribution < -0.4 is 10.1 Å². The van der Waals surface area contributed by atoms with Gasteiger partial charge < -0.3 is 10.1 Å². The lowest BCUT2D eigenvalue weighted by Crippen LogP contribution is -2.30. The van der Waals surface area contributed by atoms with Gasteiger partial charge in [-0.05, 0) is 42.8 Å². The van der Waals surface area contributed by atoms with Crippen LogP contribution in [0, 0.1) is 18.3 Å². The van der Waals surface area contributed by atoms with Gasteiger partial charge in [-0.25, -0.2) is 8.42 Å². The number of nitrogens with one attached hydrogen (secondary N) is 1. The lowest BCUT2D eigenvalue weighted by atomic mass is 10.2. The topological polar surface area (TPSA) is 96.3 Å². The van der Waals surface area contributed by atoms with Crippen molar-refractivity contribution in [2.24, 2.45) is 0 Å². The summed E-state index contributed by atoms with van der Waals surface area (Å²) >= 11 is 0. The smallest absolute Gasteiger partial charge is 0.235 e. The predicted octanol–water partition coefficient (Wildman–Crippen LogP) is 3.89. The number of nitrogens with zero attached hydrogens (tertiary/aromatic N) is 1. The summed E-state index contributed by atoms with van der Waals surface area (Å²) in [4.78, 5) is 12.3. The van der Waals surface area contributed by atoms with E-state index in [-0.39, 0.29) is 12.3 Å². The Labute approximate surface area is 182 Å². The zero-order valence-corrected chi connectivity index (χ0v) is 17.9. The summed E-state index contributed by atoms with van der Waals surface area (Å²) in [7, 11) is -3.65. The molecule has 0 spiro atoms. The Kier molecular flexibility index (Phi) is 7.06. The summed E-state index contributed by atoms with van der Waals surface area (Å²) in [6, 6.07) is 23.1. The molecule has 1 N–H and O–H groups in total. The van der Waals surface area contributed by atoms with Crippen LogP contribution in [0.2, 0.25) is 0 Å². The molecule has 158 valence electrons. The summed E-state index contributed by atoms with van der Waals surface area (Å²) in [6.45, 7) is 2.13. The maximum Gasteiger partial charge on any atom is 0.235 e. The van der Waals surface area contributed by atoms with Crippen molar-refractivity contribution < 1.29 is 17.9 Å². The highest BCUT2D eigenvalue weighted by Crippen LogP contribution is 2.25. The number of hydrogen-bond donors (Lipinski definition) is 1. The minimum atomic E-state index is -3.65. The number of nitriles is 1. The molecule has 0 aliphatic rings. The van der Waals surface area contributed by atoms with Gasteiger partial charge in [-0.3, -0.25) is 4.79 Å². The molecule has 0 aliphatic heterocycles. The molecule has 3 aromatic carbocycles. The number of amides is 1. The predicted molar refractivity (Wildman–Crippen MR) is 118 cm³/mol. The molecule has 7 heteroatoms. The van der Waals surface area contributed by atoms with E-state index < -0.39 is 21.5 Å². The number of carbonyl (C=O) groups excluding carboxylic acids is 1. The number of hydrogen-bond acceptors (Lipinski definition) is 5. The molecule has 6 nitrogen and oxygen atoms in total. The SMILES string of the molecule is Cc1ccc(Oc2ccccc2CNC(=O)CS(=O)(=O)Cc2ccc(C#N)cc2)cc1. The van der Waals surface area contributed by atoms with Gasteiger partial charge in [0.1, 0.15) is 17.3 Å². The van der Waals surface area contributed by atoms with E-state index in [1.807, 2.05) is 55.5 Å². The lowest BCUT2D eigenvalue weighted by molar-refractivity contribution is -0.118. The molecule has 0 saturated heterocycles. The molecule has 0 heterocycles. The van der Waals surface area contributed by atoms with Gasteiger partial charge >= 0.3 is 0 Å². The van der Waals surface area contributed by atoms with Gasteiger partial charge in [0.05, 0.1) is 17.4 Å². The Balaban J connectivity index is 1.59. The van der Waals surface area contributed by atoms with Crippen molar-refractivity contribution in [3.05, 3.63) is 95.1 Å². The van der Waals surface area contributed by atoms with Crippen molar-refractivity contribution in [1.82, 2.24) is 5.32 Å². The van der Waals surface area contributed by atoms with E-state index >= 15 is 0 Å². The summed E-state index contributed by atoms with van der Waals surface area (Å²) in [5, 5.41) is 11.5. The Bertz CT molecular complexity index is 1200. The van der Waals surface area contributed by atoms with Crippen LogP contribution in [-0.4, -0.2) is 20.1 Å². The highest BCUT2D eigenvalue weighted by atomic mass is 32.2. The van der Waals surface area contributed by atoms with Crippen molar-refractivity contribution in [3.8, 4) is 17.6 Å². The number of benzene rings is 3. The fraction of sp³-hybridized carbons (Fsp3) is 0.167. The first kappa shape index (κ1) is 22.1. The van der Waals surface area contributed by atoms with E-state index in [0.717, 1.165) is 11.1 Å². The van der Waals surface area contributed by atoms with Crippen LogP contribution in [-0.2, 0) is 26.9 Å². The molecule has 0 radical (unpaired) electrons. The third-order valence-electron chi connectivity index (χ3n) is 4.52. The van der Waals surface area contributed by atoms with Crippen molar-refractivity contribution >= 4 is 15.7 Å². The zero-order valence-electron chi connectivity index (χ0n) is 17.0. The van der Waals surface area contributed by atoms with Crippen LogP contribution in [0.1, 0.15) is 22.3 Å². The van der Waals surface area contributed by atoms with Crippen LogP contribution in [0.4, 0.5) is 0 Å². The standard InChI is InChI=1S/C24H22N2O4S/c1-18-6-12-22(13-7-18)30-23-5-3-2-4-21(23)15-26-24(27)17-31(28,29)16-20-10-8-19(14-25)9-11-20/h2-13H,15-17H2,1H3,(H,26,27). The fourth-order valence-corrected chi connectivity index (χ4v) is 4.21. The highest BCUT2D eigenvalue weighted by Gasteiger charge is 2.18. The van der Waals surface area contributed by atoms with Crippen LogP contribution in [0.15, 0.2) is 72.8 Å². The summed E-state index contributed by atoms with van der Waals surface area (Å²) < 4.78 is 30.6. The second-order valence-corrected chi connectivity index (χ2v) is 9.21. The first-order valence-corrected chi connectivity index (χ1v) is 11.5. The molecule has 0 saturated carbocycles. The number of sulfone groups is 1. The Hall–Kier alpha value is -3.63. The van der Waals surface area contributed by atoms with E-state index in [9.17, 15) is 13.2 Å². The van der Waals surface area contributed by atoms with Crippen LogP contribution in [0.25, 0.3) is 0 Å². The molecular weight excluding hydrogens is 412 g/mol. The normalized spacial score (nSPS) is 10.8. The number of carbonyl (C=O) groups is 1. The van der Waals surface area contributed by atoms with Crippen LogP contribution in [0.5, 0.6) is 11.5 Å². The first-order chi connectivity index (χ1) is 14.8. The Morgan fingerprint density at radius 1 is 1.00 bits per heavy atom. The molecule has 0 bridgehead atoms. The van der Waals surface area contributed by atoms with Gasteiger partial charge in [-0.2, -0.15) is 5.26 Å². The second kappa shape index (κ2) is 9.92. The van der Waals surface area contributed by atoms with E-state index in [4.69, 9.17) is 10.00 Å². The third-order valence-corrected chi connectivity index (χ3v) is 5.99. The number of aryl methyl sites for hydroxylation is 1. The molecule has 0 aliphatic carbocycles. The lowest BCUT2D eigenvalue weighted by Gasteiger charge is -2.12. The largest absolute Gasteiger partial charge is 0.457 e. The fourth-order valence-electron chi connectivity index (χ4n) is 2.91. The summed E-state index contributed by atoms with van der Waals surface area (Å²) in [6.07, 6.45) is 0. The van der Waals surface area contributed by atoms with Gasteiger partial charge in [-0.15, -0.1) is 0 Å². The minimum absolute atomic E-state index is 0.146. The van der Waals surface area contributed by atoms with E-state index in [1.165, 1.54) is 0 Å². The maximum absolute atomic E-state index is 12.4. The number of para-hydroxylation sites is 1. The monoisotopic (exact) mass is 434 g/mol. The molecule has 0 unspecified atom stereocenters. The molecule has 3 rings (SSSR count). The average molecular weight is 435 g/mol. The molecule has 0 fully saturated rings. The third kappa shape index (κ3) is 6.69. The van der Waals surface area contributed by atoms with Crippen molar-refractivity contribution in [2.45, 2.75) is 19.2 Å². The van der Waals surface area contributed by atoms with Gasteiger partial charge in [0.15, 0.2) is 9.84 Å². The van der Waals surface area contributed by atoms with Crippen molar-refractivity contribution in [2.75, 3.05) is 5.75 Å². The molecular formula is C24H22N2O4S. The van der Waals surface area contributed by atoms with Crippen LogP contribution in [0.3, 0.4) is 0 Å². The number of ether oxygens (including phenoxy) is 1. The minimum Gasteiger partial charge on any atom is -0.457 e. The van der Waals surface area contributed by atoms with E-state index in [0.29, 0.717) is 22.6 Å². The van der Waals surface area contributed by atoms with Gasteiger partial charge in [0.2, 0.25) is 5.91 Å². The average Bonchev–Trinajstić information content (AvgIpc) is 2.74. The molecule has 31 heavy (non-hydrogen) atoms. The molecule has 3 aromatic rings. The highest BCUT2D eigenvalue weighted by molar-refractivity contribution is 7.91. The van der Waals surface area contributed by atoms with E-state index in [1.54, 1.807) is 30.3 Å². The van der Waals surface area contributed by atoms with Crippen molar-refractivity contribution in [1.29, 1.82) is 5.26 Å². The summed E-state index contributed by atoms with van der Waals surface area (Å²) in [5.74, 6) is -0.201. The molecule has 1 amide bonds. The molecule has 0 atom stereocenters. The Morgan fingerprint density at radius 3 is 2.35 bits per heavy atom. The quantitative estimate of drug-likeness (QED) is 0.580. The molecule has 0 aromatic heterocycles. The number of rotatable bonds is 8. The van der Waals surface area contributed by atoms with Gasteiger partial charge in [0, 0.05) is 12.1 Å². The van der Waals surface area contributed by atoms with Crippen molar-refractivity contribution in [3.63, 3.8) is 0 Å². The summed E-state index contributed by atoms with van der Waals surface area (Å²) in [5.41, 5.74) is 2.84. The van der Waals surface area contributed by atoms with Gasteiger partial charge in [0.25, 0.3) is 0 Å².